The van der Waals surface area contributed by atoms with Crippen molar-refractivity contribution >= 4 is 27.6 Å². The third kappa shape index (κ3) is 8.02. The Morgan fingerprint density at radius 1 is 1.00 bits per heavy atom. The summed E-state index contributed by atoms with van der Waals surface area (Å²) in [6.07, 6.45) is -4.26. The van der Waals surface area contributed by atoms with Gasteiger partial charge in [-0.3, -0.25) is 4.79 Å². The number of aromatic nitrogens is 2. The highest BCUT2D eigenvalue weighted by Crippen LogP contribution is 2.44. The van der Waals surface area contributed by atoms with E-state index in [2.05, 4.69) is 15.3 Å². The summed E-state index contributed by atoms with van der Waals surface area (Å²) in [5, 5.41) is 3.27. The van der Waals surface area contributed by atoms with E-state index in [1.54, 1.807) is 25.1 Å². The Morgan fingerprint density at radius 3 is 2.38 bits per heavy atom. The second-order valence-electron chi connectivity index (χ2n) is 13.7. The molecule has 0 aliphatic carbocycles. The molecule has 14 heteroatoms. The van der Waals surface area contributed by atoms with E-state index >= 15 is 13.2 Å². The Hall–Kier alpha value is -4.69. The van der Waals surface area contributed by atoms with Crippen molar-refractivity contribution in [1.82, 2.24) is 15.3 Å². The average molecular weight is 738 g/mol. The first-order valence-corrected chi connectivity index (χ1v) is 19.0. The molecule has 52 heavy (non-hydrogen) atoms. The molecular weight excluding hydrogens is 696 g/mol. The minimum absolute atomic E-state index is 0.0293. The van der Waals surface area contributed by atoms with E-state index in [-0.39, 0.29) is 50.8 Å². The van der Waals surface area contributed by atoms with Crippen molar-refractivity contribution in [2.45, 2.75) is 63.3 Å². The quantitative estimate of drug-likeness (QED) is 0.181. The molecule has 3 aromatic carbocycles. The third-order valence-corrected chi connectivity index (χ3v) is 11.2. The highest BCUT2D eigenvalue weighted by molar-refractivity contribution is 7.90. The van der Waals surface area contributed by atoms with E-state index in [0.29, 0.717) is 44.0 Å². The number of alkyl halides is 3. The molecule has 0 amide bonds. The lowest BCUT2D eigenvalue weighted by atomic mass is 9.76. The number of ether oxygens (including phenoxy) is 2. The number of nitrogens with zero attached hydrogens (tertiary/aromatic N) is 3. The van der Waals surface area contributed by atoms with Crippen LogP contribution in [-0.2, 0) is 19.4 Å². The molecule has 0 saturated carbocycles. The monoisotopic (exact) mass is 737 g/mol. The second kappa shape index (κ2) is 14.4. The van der Waals surface area contributed by atoms with Crippen molar-refractivity contribution in [3.05, 3.63) is 83.4 Å². The van der Waals surface area contributed by atoms with Gasteiger partial charge in [-0.15, -0.1) is 0 Å². The van der Waals surface area contributed by atoms with Crippen LogP contribution in [0, 0.1) is 19.3 Å². The van der Waals surface area contributed by atoms with Crippen molar-refractivity contribution in [2.24, 2.45) is 5.41 Å². The highest BCUT2D eigenvalue weighted by atomic mass is 32.2. The SMILES string of the molecule is CCOC(=O)[C@@H]1CC2(CCN(c3cc(O[C@H](c4ccc(-c5ccc(C)c(C)c5)cc4-c4cccc(S(C)(=O)=O)c4)C(F)(F)F)nc(N)n3)CC2)CN1. The molecule has 3 heterocycles. The number of benzene rings is 3. The van der Waals surface area contributed by atoms with Gasteiger partial charge in [0.25, 0.3) is 0 Å². The van der Waals surface area contributed by atoms with Crippen LogP contribution in [0.5, 0.6) is 5.88 Å². The van der Waals surface area contributed by atoms with E-state index < -0.39 is 22.1 Å². The number of sulfone groups is 1. The van der Waals surface area contributed by atoms with Crippen LogP contribution in [0.1, 0.15) is 49.0 Å². The van der Waals surface area contributed by atoms with Crippen molar-refractivity contribution in [3.63, 3.8) is 0 Å². The van der Waals surface area contributed by atoms with E-state index in [9.17, 15) is 13.2 Å². The third-order valence-electron chi connectivity index (χ3n) is 10.1. The van der Waals surface area contributed by atoms with Crippen LogP contribution in [0.15, 0.2) is 71.6 Å². The molecule has 0 bridgehead atoms. The molecule has 2 saturated heterocycles. The normalized spacial score (nSPS) is 18.0. The maximum Gasteiger partial charge on any atom is 0.429 e. The maximum absolute atomic E-state index is 15.1. The fourth-order valence-electron chi connectivity index (χ4n) is 7.03. The zero-order valence-corrected chi connectivity index (χ0v) is 30.3. The van der Waals surface area contributed by atoms with Crippen LogP contribution in [0.3, 0.4) is 0 Å². The summed E-state index contributed by atoms with van der Waals surface area (Å²) >= 11 is 0. The summed E-state index contributed by atoms with van der Waals surface area (Å²) in [6, 6.07) is 17.2. The summed E-state index contributed by atoms with van der Waals surface area (Å²) in [6.45, 7) is 7.74. The van der Waals surface area contributed by atoms with Crippen LogP contribution in [-0.4, -0.2) is 69.1 Å². The number of halogens is 3. The van der Waals surface area contributed by atoms with Gasteiger partial charge in [-0.2, -0.15) is 23.1 Å². The van der Waals surface area contributed by atoms with Gasteiger partial charge >= 0.3 is 12.1 Å². The number of rotatable bonds is 9. The molecule has 2 aliphatic heterocycles. The van der Waals surface area contributed by atoms with Gasteiger partial charge in [-0.05, 0) is 97.0 Å². The number of nitrogens with two attached hydrogens (primary N) is 1. The number of aryl methyl sites for hydroxylation is 2. The van der Waals surface area contributed by atoms with Crippen molar-refractivity contribution in [3.8, 4) is 28.1 Å². The molecule has 6 rings (SSSR count). The van der Waals surface area contributed by atoms with Crippen molar-refractivity contribution in [2.75, 3.05) is 43.1 Å². The van der Waals surface area contributed by atoms with E-state index in [0.717, 1.165) is 35.8 Å². The predicted molar refractivity (Wildman–Crippen MR) is 193 cm³/mol. The number of carbonyl (C=O) groups is 1. The zero-order valence-electron chi connectivity index (χ0n) is 29.5. The highest BCUT2D eigenvalue weighted by Gasteiger charge is 2.46. The molecule has 2 aliphatic rings. The molecular formula is C38H42F3N5O5S. The lowest BCUT2D eigenvalue weighted by Crippen LogP contribution is -2.41. The first-order chi connectivity index (χ1) is 24.5. The molecule has 4 aromatic rings. The molecule has 3 N–H and O–H groups in total. The number of anilines is 2. The maximum atomic E-state index is 15.1. The topological polar surface area (TPSA) is 137 Å². The summed E-state index contributed by atoms with van der Waals surface area (Å²) < 4.78 is 81.1. The van der Waals surface area contributed by atoms with Crippen molar-refractivity contribution < 1.29 is 35.9 Å². The van der Waals surface area contributed by atoms with Gasteiger partial charge in [0, 0.05) is 37.5 Å². The van der Waals surface area contributed by atoms with Gasteiger partial charge in [-0.1, -0.05) is 42.5 Å². The summed E-state index contributed by atoms with van der Waals surface area (Å²) in [5.41, 5.74) is 9.65. The Kier molecular flexibility index (Phi) is 10.3. The molecule has 0 radical (unpaired) electrons. The molecule has 10 nitrogen and oxygen atoms in total. The van der Waals surface area contributed by atoms with Crippen LogP contribution in [0.2, 0.25) is 0 Å². The lowest BCUT2D eigenvalue weighted by molar-refractivity contribution is -0.198. The largest absolute Gasteiger partial charge is 0.465 e. The molecule has 2 atom stereocenters. The number of hydrogen-bond donors (Lipinski definition) is 2. The van der Waals surface area contributed by atoms with Gasteiger partial charge in [0.15, 0.2) is 9.84 Å². The molecule has 0 unspecified atom stereocenters. The first-order valence-electron chi connectivity index (χ1n) is 17.1. The first kappa shape index (κ1) is 37.1. The van der Waals surface area contributed by atoms with E-state index in [1.807, 2.05) is 36.9 Å². The standard InChI is InChI=1S/C38H42F3N5O5S/c1-5-50-35(47)31-21-37(22-43-31)13-15-46(16-14-37)32-20-33(45-36(42)44-32)51-34(38(39,40)41)29-12-11-26(25-10-9-23(2)24(3)17-25)19-30(29)27-7-6-8-28(18-27)52(4,48)49/h6-12,17-20,31,34,43H,5,13-16,21-22H2,1-4H3,(H2,42,44,45)/t31-,34+/m0/s1. The number of carbonyl (C=O) groups excluding carboxylic acids is 1. The Morgan fingerprint density at radius 2 is 1.71 bits per heavy atom. The summed E-state index contributed by atoms with van der Waals surface area (Å²) in [7, 11) is -3.67. The Bertz CT molecular complexity index is 2080. The Labute approximate surface area is 301 Å². The summed E-state index contributed by atoms with van der Waals surface area (Å²) in [5.74, 6) is -0.538. The second-order valence-corrected chi connectivity index (χ2v) is 15.8. The van der Waals surface area contributed by atoms with Crippen LogP contribution in [0.25, 0.3) is 22.3 Å². The number of nitrogens with one attached hydrogen (secondary N) is 1. The molecule has 1 aromatic heterocycles. The summed E-state index contributed by atoms with van der Waals surface area (Å²) in [4.78, 5) is 22.6. The van der Waals surface area contributed by atoms with E-state index in [4.69, 9.17) is 15.2 Å². The smallest absolute Gasteiger partial charge is 0.429 e. The van der Waals surface area contributed by atoms with Gasteiger partial charge in [0.1, 0.15) is 11.9 Å². The number of piperidine rings is 1. The number of hydrogen-bond acceptors (Lipinski definition) is 10. The van der Waals surface area contributed by atoms with Crippen LogP contribution < -0.4 is 20.7 Å². The fourth-order valence-corrected chi connectivity index (χ4v) is 7.69. The van der Waals surface area contributed by atoms with Crippen molar-refractivity contribution in [1.29, 1.82) is 0 Å². The average Bonchev–Trinajstić information content (AvgIpc) is 3.51. The van der Waals surface area contributed by atoms with Gasteiger partial charge < -0.3 is 25.4 Å². The van der Waals surface area contributed by atoms with Gasteiger partial charge in [0.05, 0.1) is 11.5 Å². The number of nitrogen functional groups attached to an aromatic ring is 1. The minimum Gasteiger partial charge on any atom is -0.465 e. The van der Waals surface area contributed by atoms with Gasteiger partial charge in [0.2, 0.25) is 17.9 Å². The zero-order chi connectivity index (χ0) is 37.4. The molecule has 1 spiro atoms. The van der Waals surface area contributed by atoms with Gasteiger partial charge in [-0.25, -0.2) is 8.42 Å². The predicted octanol–water partition coefficient (Wildman–Crippen LogP) is 6.61. The molecule has 276 valence electrons. The number of esters is 1. The minimum atomic E-state index is -4.91. The van der Waals surface area contributed by atoms with E-state index in [1.165, 1.54) is 30.3 Å². The molecule has 2 fully saturated rings. The van der Waals surface area contributed by atoms with Crippen LogP contribution >= 0.6 is 0 Å². The fraction of sp³-hybridized carbons (Fsp3) is 0.395. The van der Waals surface area contributed by atoms with Crippen LogP contribution in [0.4, 0.5) is 24.9 Å². The lowest BCUT2D eigenvalue weighted by Gasteiger charge is -2.39. The Balaban J connectivity index is 1.33.